The van der Waals surface area contributed by atoms with Gasteiger partial charge in [0.25, 0.3) is 0 Å². The van der Waals surface area contributed by atoms with Gasteiger partial charge in [-0.05, 0) is 24.6 Å². The first-order valence-electron chi connectivity index (χ1n) is 4.94. The molecule has 1 aromatic carbocycles. The second-order valence-corrected chi connectivity index (χ2v) is 3.40. The van der Waals surface area contributed by atoms with Crippen LogP contribution in [0.15, 0.2) is 36.4 Å². The number of hydrogen-bond acceptors (Lipinski definition) is 2. The van der Waals surface area contributed by atoms with Crippen LogP contribution in [0.3, 0.4) is 0 Å². The van der Waals surface area contributed by atoms with E-state index in [9.17, 15) is 4.79 Å². The van der Waals surface area contributed by atoms with Crippen molar-refractivity contribution in [3.05, 3.63) is 42.0 Å². The average Bonchev–Trinajstić information content (AvgIpc) is 2.26. The first-order valence-corrected chi connectivity index (χ1v) is 4.94. The van der Waals surface area contributed by atoms with Gasteiger partial charge in [0.05, 0.1) is 0 Å². The van der Waals surface area contributed by atoms with Gasteiger partial charge in [0, 0.05) is 17.8 Å². The predicted molar refractivity (Wildman–Crippen MR) is 62.9 cm³/mol. The van der Waals surface area contributed by atoms with Crippen molar-refractivity contribution in [1.29, 1.82) is 0 Å². The zero-order chi connectivity index (χ0) is 11.3. The summed E-state index contributed by atoms with van der Waals surface area (Å²) in [5.41, 5.74) is 7.71. The van der Waals surface area contributed by atoms with E-state index in [0.717, 1.165) is 24.2 Å². The van der Waals surface area contributed by atoms with Crippen molar-refractivity contribution in [3.63, 3.8) is 0 Å². The van der Waals surface area contributed by atoms with Crippen LogP contribution in [0.1, 0.15) is 23.7 Å². The van der Waals surface area contributed by atoms with Gasteiger partial charge >= 0.3 is 0 Å². The first-order chi connectivity index (χ1) is 7.13. The second-order valence-electron chi connectivity index (χ2n) is 3.40. The summed E-state index contributed by atoms with van der Waals surface area (Å²) >= 11 is 0. The summed E-state index contributed by atoms with van der Waals surface area (Å²) in [6.07, 6.45) is 0.947. The van der Waals surface area contributed by atoms with Crippen LogP contribution in [0.2, 0.25) is 0 Å². The number of hydrogen-bond donors (Lipinski definition) is 2. The van der Waals surface area contributed by atoms with Crippen molar-refractivity contribution >= 4 is 11.6 Å². The maximum absolute atomic E-state index is 10.9. The molecule has 1 amide bonds. The third-order valence-corrected chi connectivity index (χ3v) is 2.19. The Hall–Kier alpha value is -1.77. The SMILES string of the molecule is C=C(CC)CNc1cccc(C(N)=O)c1. The number of carbonyl (C=O) groups is 1. The third kappa shape index (κ3) is 3.46. The molecule has 0 aliphatic carbocycles. The lowest BCUT2D eigenvalue weighted by Crippen LogP contribution is -2.11. The Morgan fingerprint density at radius 3 is 2.87 bits per heavy atom. The van der Waals surface area contributed by atoms with E-state index >= 15 is 0 Å². The van der Waals surface area contributed by atoms with E-state index in [1.165, 1.54) is 0 Å². The second kappa shape index (κ2) is 5.20. The highest BCUT2D eigenvalue weighted by atomic mass is 16.1. The zero-order valence-electron chi connectivity index (χ0n) is 8.92. The summed E-state index contributed by atoms with van der Waals surface area (Å²) in [5, 5.41) is 3.18. The Labute approximate surface area is 90.0 Å². The molecule has 0 saturated carbocycles. The molecule has 0 radical (unpaired) electrons. The summed E-state index contributed by atoms with van der Waals surface area (Å²) in [7, 11) is 0. The Morgan fingerprint density at radius 2 is 2.27 bits per heavy atom. The fraction of sp³-hybridized carbons (Fsp3) is 0.250. The van der Waals surface area contributed by atoms with Crippen molar-refractivity contribution in [2.24, 2.45) is 5.73 Å². The van der Waals surface area contributed by atoms with E-state index in [4.69, 9.17) is 5.73 Å². The third-order valence-electron chi connectivity index (χ3n) is 2.19. The van der Waals surface area contributed by atoms with Crippen LogP contribution in [0.25, 0.3) is 0 Å². The molecule has 1 rings (SSSR count). The molecule has 1 aromatic rings. The molecule has 0 spiro atoms. The summed E-state index contributed by atoms with van der Waals surface area (Å²) in [4.78, 5) is 10.9. The van der Waals surface area contributed by atoms with Gasteiger partial charge in [0.2, 0.25) is 5.91 Å². The Kier molecular flexibility index (Phi) is 3.92. The highest BCUT2D eigenvalue weighted by Gasteiger charge is 2.00. The largest absolute Gasteiger partial charge is 0.381 e. The maximum Gasteiger partial charge on any atom is 0.248 e. The minimum atomic E-state index is -0.409. The van der Waals surface area contributed by atoms with E-state index in [1.54, 1.807) is 18.2 Å². The molecular weight excluding hydrogens is 188 g/mol. The van der Waals surface area contributed by atoms with Gasteiger partial charge in [0.1, 0.15) is 0 Å². The van der Waals surface area contributed by atoms with Crippen molar-refractivity contribution < 1.29 is 4.79 Å². The van der Waals surface area contributed by atoms with Crippen LogP contribution in [-0.2, 0) is 0 Å². The molecule has 0 unspecified atom stereocenters. The number of benzene rings is 1. The molecule has 0 fully saturated rings. The quantitative estimate of drug-likeness (QED) is 0.722. The van der Waals surface area contributed by atoms with Crippen LogP contribution in [0.5, 0.6) is 0 Å². The van der Waals surface area contributed by atoms with Gasteiger partial charge in [-0.3, -0.25) is 4.79 Å². The van der Waals surface area contributed by atoms with Crippen LogP contribution >= 0.6 is 0 Å². The fourth-order valence-electron chi connectivity index (χ4n) is 1.13. The smallest absolute Gasteiger partial charge is 0.248 e. The van der Waals surface area contributed by atoms with Gasteiger partial charge in [-0.15, -0.1) is 0 Å². The number of nitrogens with two attached hydrogens (primary N) is 1. The Morgan fingerprint density at radius 1 is 1.53 bits per heavy atom. The van der Waals surface area contributed by atoms with Crippen molar-refractivity contribution in [1.82, 2.24) is 0 Å². The minimum Gasteiger partial charge on any atom is -0.381 e. The minimum absolute atomic E-state index is 0.409. The van der Waals surface area contributed by atoms with E-state index < -0.39 is 5.91 Å². The Bertz CT molecular complexity index is 372. The van der Waals surface area contributed by atoms with E-state index in [2.05, 4.69) is 18.8 Å². The van der Waals surface area contributed by atoms with Crippen LogP contribution in [0, 0.1) is 0 Å². The molecule has 0 saturated heterocycles. The highest BCUT2D eigenvalue weighted by molar-refractivity contribution is 5.93. The molecule has 3 heteroatoms. The van der Waals surface area contributed by atoms with Crippen LogP contribution in [0.4, 0.5) is 5.69 Å². The molecule has 3 nitrogen and oxygen atoms in total. The Balaban J connectivity index is 2.66. The molecule has 0 aliphatic rings. The van der Waals surface area contributed by atoms with Gasteiger partial charge < -0.3 is 11.1 Å². The number of rotatable bonds is 5. The summed E-state index contributed by atoms with van der Waals surface area (Å²) in [5.74, 6) is -0.409. The summed E-state index contributed by atoms with van der Waals surface area (Å²) in [6.45, 7) is 6.67. The van der Waals surface area contributed by atoms with Crippen LogP contribution in [-0.4, -0.2) is 12.5 Å². The van der Waals surface area contributed by atoms with E-state index in [1.807, 2.05) is 6.07 Å². The number of amides is 1. The molecule has 15 heavy (non-hydrogen) atoms. The maximum atomic E-state index is 10.9. The predicted octanol–water partition coefficient (Wildman–Crippen LogP) is 2.16. The molecule has 3 N–H and O–H groups in total. The number of anilines is 1. The van der Waals surface area contributed by atoms with Gasteiger partial charge in [-0.25, -0.2) is 0 Å². The summed E-state index contributed by atoms with van der Waals surface area (Å²) in [6, 6.07) is 7.14. The number of carbonyl (C=O) groups excluding carboxylic acids is 1. The standard InChI is InChI=1S/C12H16N2O/c1-3-9(2)8-14-11-6-4-5-10(7-11)12(13)15/h4-7,14H,2-3,8H2,1H3,(H2,13,15). The zero-order valence-corrected chi connectivity index (χ0v) is 8.92. The number of primary amides is 1. The molecule has 0 bridgehead atoms. The van der Waals surface area contributed by atoms with Crippen molar-refractivity contribution in [2.45, 2.75) is 13.3 Å². The molecular formula is C12H16N2O. The summed E-state index contributed by atoms with van der Waals surface area (Å²) < 4.78 is 0. The van der Waals surface area contributed by atoms with Gasteiger partial charge in [-0.2, -0.15) is 0 Å². The van der Waals surface area contributed by atoms with E-state index in [-0.39, 0.29) is 0 Å². The molecule has 0 heterocycles. The topological polar surface area (TPSA) is 55.1 Å². The lowest BCUT2D eigenvalue weighted by atomic mass is 10.2. The fourth-order valence-corrected chi connectivity index (χ4v) is 1.13. The first kappa shape index (κ1) is 11.3. The van der Waals surface area contributed by atoms with E-state index in [0.29, 0.717) is 5.56 Å². The normalized spacial score (nSPS) is 9.67. The van der Waals surface area contributed by atoms with Crippen LogP contribution < -0.4 is 11.1 Å². The monoisotopic (exact) mass is 204 g/mol. The highest BCUT2D eigenvalue weighted by Crippen LogP contribution is 2.10. The van der Waals surface area contributed by atoms with Crippen molar-refractivity contribution in [2.75, 3.05) is 11.9 Å². The number of nitrogens with one attached hydrogen (secondary N) is 1. The van der Waals surface area contributed by atoms with Crippen molar-refractivity contribution in [3.8, 4) is 0 Å². The average molecular weight is 204 g/mol. The lowest BCUT2D eigenvalue weighted by Gasteiger charge is -2.07. The van der Waals surface area contributed by atoms with Gasteiger partial charge in [0.15, 0.2) is 0 Å². The molecule has 0 atom stereocenters. The molecule has 0 aromatic heterocycles. The molecule has 0 aliphatic heterocycles. The molecule has 80 valence electrons. The lowest BCUT2D eigenvalue weighted by molar-refractivity contribution is 0.100. The van der Waals surface area contributed by atoms with Gasteiger partial charge in [-0.1, -0.05) is 25.1 Å².